The van der Waals surface area contributed by atoms with E-state index >= 15 is 0 Å². The third-order valence-corrected chi connectivity index (χ3v) is 3.60. The summed E-state index contributed by atoms with van der Waals surface area (Å²) in [5.41, 5.74) is 2.64. The van der Waals surface area contributed by atoms with Crippen LogP contribution in [0.25, 0.3) is 0 Å². The van der Waals surface area contributed by atoms with Crippen LogP contribution in [0.2, 0.25) is 0 Å². The summed E-state index contributed by atoms with van der Waals surface area (Å²) in [4.78, 5) is 2.33. The smallest absolute Gasteiger partial charge is 0.0623 e. The molecule has 1 aromatic rings. The second-order valence-corrected chi connectivity index (χ2v) is 4.86. The minimum Gasteiger partial charge on any atom is -0.379 e. The Balaban J connectivity index is 2.01. The van der Waals surface area contributed by atoms with Crippen molar-refractivity contribution >= 4 is 5.69 Å². The topological polar surface area (TPSA) is 24.5 Å². The first-order chi connectivity index (χ1) is 8.22. The molecule has 0 amide bonds. The lowest BCUT2D eigenvalue weighted by molar-refractivity contribution is 0.183. The van der Waals surface area contributed by atoms with E-state index in [0.29, 0.717) is 12.0 Å². The van der Waals surface area contributed by atoms with Gasteiger partial charge in [-0.05, 0) is 25.6 Å². The lowest BCUT2D eigenvalue weighted by atomic mass is 10.0. The molecule has 3 nitrogen and oxygen atoms in total. The quantitative estimate of drug-likeness (QED) is 0.857. The Kier molecular flexibility index (Phi) is 4.02. The zero-order chi connectivity index (χ0) is 12.3. The number of rotatable bonds is 4. The normalized spacial score (nSPS) is 23.9. The second kappa shape index (κ2) is 5.52. The van der Waals surface area contributed by atoms with Crippen molar-refractivity contribution in [2.45, 2.75) is 13.0 Å². The Bertz CT molecular complexity index is 367. The summed E-state index contributed by atoms with van der Waals surface area (Å²) < 4.78 is 5.54. The monoisotopic (exact) mass is 234 g/mol. The highest BCUT2D eigenvalue weighted by atomic mass is 16.5. The highest BCUT2D eigenvalue weighted by Gasteiger charge is 2.27. The molecule has 0 spiro atoms. The van der Waals surface area contributed by atoms with Crippen LogP contribution in [0.3, 0.4) is 0 Å². The van der Waals surface area contributed by atoms with Crippen LogP contribution in [0.5, 0.6) is 0 Å². The largest absolute Gasteiger partial charge is 0.379 e. The molecule has 2 unspecified atom stereocenters. The van der Waals surface area contributed by atoms with Gasteiger partial charge in [0, 0.05) is 31.2 Å². The summed E-state index contributed by atoms with van der Waals surface area (Å²) >= 11 is 0. The van der Waals surface area contributed by atoms with Gasteiger partial charge in [-0.2, -0.15) is 0 Å². The molecule has 1 aromatic carbocycles. The predicted molar refractivity (Wildman–Crippen MR) is 71.6 cm³/mol. The van der Waals surface area contributed by atoms with Gasteiger partial charge in [-0.25, -0.2) is 0 Å². The lowest BCUT2D eigenvalue weighted by Crippen LogP contribution is -2.39. The maximum absolute atomic E-state index is 5.54. The Morgan fingerprint density at radius 1 is 1.35 bits per heavy atom. The van der Waals surface area contributed by atoms with Crippen LogP contribution in [0, 0.1) is 12.8 Å². The van der Waals surface area contributed by atoms with E-state index < -0.39 is 0 Å². The summed E-state index contributed by atoms with van der Waals surface area (Å²) in [5.74, 6) is 0.574. The Morgan fingerprint density at radius 2 is 2.12 bits per heavy atom. The maximum Gasteiger partial charge on any atom is 0.0623 e. The van der Waals surface area contributed by atoms with Crippen LogP contribution in [0.4, 0.5) is 5.69 Å². The van der Waals surface area contributed by atoms with Crippen molar-refractivity contribution in [3.63, 3.8) is 0 Å². The fraction of sp³-hybridized carbons (Fsp3) is 0.571. The average Bonchev–Trinajstić information content (AvgIpc) is 2.76. The SMILES string of the molecule is CNC1COCC1CN(C)c1ccccc1C. The molecule has 1 aliphatic rings. The lowest BCUT2D eigenvalue weighted by Gasteiger charge is -2.26. The first-order valence-corrected chi connectivity index (χ1v) is 6.24. The number of anilines is 1. The molecule has 0 aliphatic carbocycles. The van der Waals surface area contributed by atoms with Crippen molar-refractivity contribution < 1.29 is 4.74 Å². The first kappa shape index (κ1) is 12.4. The van der Waals surface area contributed by atoms with Gasteiger partial charge in [0.05, 0.1) is 13.2 Å². The number of aryl methyl sites for hydroxylation is 1. The standard InChI is InChI=1S/C14H22N2O/c1-11-6-4-5-7-14(11)16(3)8-12-9-17-10-13(12)15-2/h4-7,12-13,15H,8-10H2,1-3H3. The summed E-state index contributed by atoms with van der Waals surface area (Å²) in [7, 11) is 4.17. The zero-order valence-electron chi connectivity index (χ0n) is 10.9. The highest BCUT2D eigenvalue weighted by Crippen LogP contribution is 2.21. The van der Waals surface area contributed by atoms with Crippen molar-refractivity contribution in [3.8, 4) is 0 Å². The van der Waals surface area contributed by atoms with Crippen LogP contribution in [0.1, 0.15) is 5.56 Å². The second-order valence-electron chi connectivity index (χ2n) is 4.86. The van der Waals surface area contributed by atoms with Crippen LogP contribution < -0.4 is 10.2 Å². The number of para-hydroxylation sites is 1. The molecule has 1 saturated heterocycles. The highest BCUT2D eigenvalue weighted by molar-refractivity contribution is 5.52. The minimum atomic E-state index is 0.487. The van der Waals surface area contributed by atoms with Crippen LogP contribution >= 0.6 is 0 Å². The van der Waals surface area contributed by atoms with Crippen LogP contribution in [-0.2, 0) is 4.74 Å². The van der Waals surface area contributed by atoms with E-state index in [2.05, 4.69) is 48.5 Å². The molecule has 94 valence electrons. The molecule has 17 heavy (non-hydrogen) atoms. The summed E-state index contributed by atoms with van der Waals surface area (Å²) in [5, 5.41) is 3.33. The van der Waals surface area contributed by atoms with E-state index in [4.69, 9.17) is 4.74 Å². The van der Waals surface area contributed by atoms with E-state index in [1.54, 1.807) is 0 Å². The molecule has 0 bridgehead atoms. The van der Waals surface area contributed by atoms with E-state index in [0.717, 1.165) is 19.8 Å². The molecule has 0 saturated carbocycles. The molecular formula is C14H22N2O. The van der Waals surface area contributed by atoms with Crippen molar-refractivity contribution in [1.29, 1.82) is 0 Å². The van der Waals surface area contributed by atoms with E-state index in [1.807, 2.05) is 7.05 Å². The summed E-state index contributed by atoms with van der Waals surface area (Å²) in [6, 6.07) is 9.01. The summed E-state index contributed by atoms with van der Waals surface area (Å²) in [6.07, 6.45) is 0. The molecule has 1 N–H and O–H groups in total. The Morgan fingerprint density at radius 3 is 2.82 bits per heavy atom. The van der Waals surface area contributed by atoms with Crippen molar-refractivity contribution in [2.75, 3.05) is 38.8 Å². The fourth-order valence-corrected chi connectivity index (χ4v) is 2.54. The molecule has 0 aromatic heterocycles. The molecule has 1 heterocycles. The average molecular weight is 234 g/mol. The summed E-state index contributed by atoms with van der Waals surface area (Å²) in [6.45, 7) is 4.90. The molecule has 1 fully saturated rings. The van der Waals surface area contributed by atoms with Gasteiger partial charge in [-0.1, -0.05) is 18.2 Å². The Hall–Kier alpha value is -1.06. The molecule has 2 atom stereocenters. The number of benzene rings is 1. The number of hydrogen-bond donors (Lipinski definition) is 1. The van der Waals surface area contributed by atoms with Gasteiger partial charge in [0.25, 0.3) is 0 Å². The molecule has 3 heteroatoms. The molecular weight excluding hydrogens is 212 g/mol. The third kappa shape index (κ3) is 2.79. The number of hydrogen-bond acceptors (Lipinski definition) is 3. The van der Waals surface area contributed by atoms with E-state index in [1.165, 1.54) is 11.3 Å². The Labute approximate surface area is 104 Å². The van der Waals surface area contributed by atoms with Crippen LogP contribution in [-0.4, -0.2) is 39.9 Å². The van der Waals surface area contributed by atoms with Crippen molar-refractivity contribution in [3.05, 3.63) is 29.8 Å². The van der Waals surface area contributed by atoms with Gasteiger partial charge < -0.3 is 15.0 Å². The third-order valence-electron chi connectivity index (χ3n) is 3.60. The van der Waals surface area contributed by atoms with Gasteiger partial charge >= 0.3 is 0 Å². The molecule has 0 radical (unpaired) electrons. The van der Waals surface area contributed by atoms with Gasteiger partial charge in [0.2, 0.25) is 0 Å². The molecule has 1 aliphatic heterocycles. The number of likely N-dealkylation sites (N-methyl/N-ethyl adjacent to an activating group) is 1. The van der Waals surface area contributed by atoms with Gasteiger partial charge in [-0.3, -0.25) is 0 Å². The fourth-order valence-electron chi connectivity index (χ4n) is 2.54. The van der Waals surface area contributed by atoms with Gasteiger partial charge in [-0.15, -0.1) is 0 Å². The van der Waals surface area contributed by atoms with Crippen molar-refractivity contribution in [2.24, 2.45) is 5.92 Å². The number of nitrogens with zero attached hydrogens (tertiary/aromatic N) is 1. The van der Waals surface area contributed by atoms with Gasteiger partial charge in [0.1, 0.15) is 0 Å². The first-order valence-electron chi connectivity index (χ1n) is 6.24. The predicted octanol–water partition coefficient (Wildman–Crippen LogP) is 1.67. The maximum atomic E-state index is 5.54. The number of ether oxygens (including phenoxy) is 1. The van der Waals surface area contributed by atoms with Crippen LogP contribution in [0.15, 0.2) is 24.3 Å². The van der Waals surface area contributed by atoms with E-state index in [-0.39, 0.29) is 0 Å². The number of nitrogens with one attached hydrogen (secondary N) is 1. The zero-order valence-corrected chi connectivity index (χ0v) is 10.9. The van der Waals surface area contributed by atoms with Crippen molar-refractivity contribution in [1.82, 2.24) is 5.32 Å². The molecule has 2 rings (SSSR count). The van der Waals surface area contributed by atoms with E-state index in [9.17, 15) is 0 Å². The minimum absolute atomic E-state index is 0.487. The van der Waals surface area contributed by atoms with Gasteiger partial charge in [0.15, 0.2) is 0 Å².